The number of nitrogens with two attached hydrogens (primary N) is 1. The van der Waals surface area contributed by atoms with Crippen molar-refractivity contribution in [2.45, 2.75) is 26.1 Å². The number of anilines is 1. The molecule has 11 heteroatoms. The SMILES string of the molecule is Cc1ccc(-c2ccc3c(c2)OCCc2sc(-c4nc(N)nn4CC(F)(F)F)nc2-3)cn1. The molecule has 0 saturated carbocycles. The van der Waals surface area contributed by atoms with Gasteiger partial charge in [-0.25, -0.2) is 9.67 Å². The van der Waals surface area contributed by atoms with Gasteiger partial charge in [-0.1, -0.05) is 12.1 Å². The first-order chi connectivity index (χ1) is 15.3. The third-order valence-electron chi connectivity index (χ3n) is 4.97. The van der Waals surface area contributed by atoms with E-state index in [1.165, 1.54) is 11.3 Å². The second-order valence-corrected chi connectivity index (χ2v) is 8.44. The molecular weight excluding hydrogens is 441 g/mol. The van der Waals surface area contributed by atoms with Gasteiger partial charge >= 0.3 is 6.18 Å². The Labute approximate surface area is 184 Å². The van der Waals surface area contributed by atoms with Crippen molar-refractivity contribution in [2.75, 3.05) is 12.3 Å². The molecule has 5 rings (SSSR count). The number of thiazole rings is 1. The summed E-state index contributed by atoms with van der Waals surface area (Å²) >= 11 is 1.27. The van der Waals surface area contributed by atoms with Gasteiger partial charge in [-0.15, -0.1) is 16.4 Å². The quantitative estimate of drug-likeness (QED) is 0.485. The first-order valence-electron chi connectivity index (χ1n) is 9.74. The highest BCUT2D eigenvalue weighted by atomic mass is 32.1. The van der Waals surface area contributed by atoms with E-state index >= 15 is 0 Å². The van der Waals surface area contributed by atoms with Gasteiger partial charge in [0.05, 0.1) is 12.3 Å². The lowest BCUT2D eigenvalue weighted by Gasteiger charge is -2.10. The zero-order chi connectivity index (χ0) is 22.5. The van der Waals surface area contributed by atoms with Gasteiger partial charge in [0, 0.05) is 34.3 Å². The van der Waals surface area contributed by atoms with E-state index < -0.39 is 12.7 Å². The number of aryl methyl sites for hydroxylation is 1. The summed E-state index contributed by atoms with van der Waals surface area (Å²) in [4.78, 5) is 13.9. The summed E-state index contributed by atoms with van der Waals surface area (Å²) in [5.74, 6) is 0.437. The molecule has 0 amide bonds. The summed E-state index contributed by atoms with van der Waals surface area (Å²) in [7, 11) is 0. The zero-order valence-corrected chi connectivity index (χ0v) is 17.7. The molecule has 0 unspecified atom stereocenters. The number of nitrogens with zero attached hydrogens (tertiary/aromatic N) is 5. The number of benzene rings is 1. The van der Waals surface area contributed by atoms with E-state index in [0.29, 0.717) is 29.5 Å². The van der Waals surface area contributed by atoms with E-state index in [2.05, 4.69) is 20.1 Å². The maximum Gasteiger partial charge on any atom is 0.408 e. The van der Waals surface area contributed by atoms with Crippen molar-refractivity contribution in [1.29, 1.82) is 0 Å². The second-order valence-electron chi connectivity index (χ2n) is 7.35. The number of hydrogen-bond acceptors (Lipinski definition) is 7. The molecule has 0 aliphatic carbocycles. The summed E-state index contributed by atoms with van der Waals surface area (Å²) in [5.41, 5.74) is 9.87. The van der Waals surface area contributed by atoms with Gasteiger partial charge in [0.15, 0.2) is 10.8 Å². The number of hydrogen-bond donors (Lipinski definition) is 1. The van der Waals surface area contributed by atoms with Crippen LogP contribution in [-0.4, -0.2) is 37.5 Å². The van der Waals surface area contributed by atoms with Crippen LogP contribution in [0.4, 0.5) is 19.1 Å². The van der Waals surface area contributed by atoms with Crippen molar-refractivity contribution < 1.29 is 17.9 Å². The largest absolute Gasteiger partial charge is 0.492 e. The minimum atomic E-state index is -4.45. The predicted molar refractivity (Wildman–Crippen MR) is 114 cm³/mol. The van der Waals surface area contributed by atoms with Crippen molar-refractivity contribution in [1.82, 2.24) is 24.7 Å². The van der Waals surface area contributed by atoms with E-state index in [9.17, 15) is 13.2 Å². The zero-order valence-electron chi connectivity index (χ0n) is 16.8. The molecule has 164 valence electrons. The van der Waals surface area contributed by atoms with Crippen molar-refractivity contribution in [2.24, 2.45) is 0 Å². The number of ether oxygens (including phenoxy) is 1. The maximum absolute atomic E-state index is 13.0. The highest BCUT2D eigenvalue weighted by Crippen LogP contribution is 2.41. The van der Waals surface area contributed by atoms with E-state index in [4.69, 9.17) is 10.5 Å². The summed E-state index contributed by atoms with van der Waals surface area (Å²) in [5, 5.41) is 4.03. The van der Waals surface area contributed by atoms with Crippen LogP contribution in [0.3, 0.4) is 0 Å². The van der Waals surface area contributed by atoms with Crippen LogP contribution >= 0.6 is 11.3 Å². The highest BCUT2D eigenvalue weighted by molar-refractivity contribution is 7.15. The van der Waals surface area contributed by atoms with E-state index in [-0.39, 0.29) is 11.8 Å². The fourth-order valence-corrected chi connectivity index (χ4v) is 4.58. The van der Waals surface area contributed by atoms with Gasteiger partial charge in [-0.05, 0) is 30.7 Å². The normalized spacial score (nSPS) is 13.2. The molecule has 0 bridgehead atoms. The Hall–Kier alpha value is -3.47. The molecule has 0 saturated heterocycles. The smallest absolute Gasteiger partial charge is 0.408 e. The number of aromatic nitrogens is 5. The first-order valence-corrected chi connectivity index (χ1v) is 10.6. The van der Waals surface area contributed by atoms with E-state index in [1.54, 1.807) is 6.20 Å². The van der Waals surface area contributed by atoms with Crippen LogP contribution in [-0.2, 0) is 13.0 Å². The minimum Gasteiger partial charge on any atom is -0.492 e. The first kappa shape index (κ1) is 20.4. The summed E-state index contributed by atoms with van der Waals surface area (Å²) in [6.45, 7) is 1.06. The van der Waals surface area contributed by atoms with Crippen molar-refractivity contribution in [3.05, 3.63) is 47.1 Å². The molecule has 2 N–H and O–H groups in total. The van der Waals surface area contributed by atoms with E-state index in [1.807, 2.05) is 37.3 Å². The molecule has 1 aromatic carbocycles. The monoisotopic (exact) mass is 458 g/mol. The van der Waals surface area contributed by atoms with Gasteiger partial charge in [0.25, 0.3) is 0 Å². The van der Waals surface area contributed by atoms with Crippen LogP contribution in [0.15, 0.2) is 36.5 Å². The van der Waals surface area contributed by atoms with Crippen LogP contribution in [0.25, 0.3) is 33.2 Å². The third kappa shape index (κ3) is 3.91. The molecule has 0 atom stereocenters. The molecule has 1 aliphatic heterocycles. The molecule has 7 nitrogen and oxygen atoms in total. The van der Waals surface area contributed by atoms with E-state index in [0.717, 1.165) is 31.9 Å². The molecule has 0 fully saturated rings. The van der Waals surface area contributed by atoms with Gasteiger partial charge in [0.1, 0.15) is 12.3 Å². The number of nitrogen functional groups attached to an aromatic ring is 1. The van der Waals surface area contributed by atoms with Crippen molar-refractivity contribution in [3.63, 3.8) is 0 Å². The molecule has 0 radical (unpaired) electrons. The minimum absolute atomic E-state index is 0.00252. The Morgan fingerprint density at radius 1 is 1.16 bits per heavy atom. The molecule has 32 heavy (non-hydrogen) atoms. The van der Waals surface area contributed by atoms with Crippen LogP contribution in [0.1, 0.15) is 10.6 Å². The fraction of sp³-hybridized carbons (Fsp3) is 0.238. The van der Waals surface area contributed by atoms with Gasteiger partial charge in [0.2, 0.25) is 5.95 Å². The van der Waals surface area contributed by atoms with Crippen LogP contribution < -0.4 is 10.5 Å². The van der Waals surface area contributed by atoms with Crippen molar-refractivity contribution in [3.8, 4) is 39.0 Å². The average Bonchev–Trinajstić information content (AvgIpc) is 3.25. The standard InChI is InChI=1S/C21H17F3N6OS/c1-11-2-3-13(9-26-11)12-4-5-14-15(8-12)31-7-6-16-17(14)27-19(32-16)18-28-20(25)29-30(18)10-21(22,23)24/h2-5,8-9H,6-7,10H2,1H3,(H2,25,29). The lowest BCUT2D eigenvalue weighted by atomic mass is 10.0. The second kappa shape index (κ2) is 7.59. The Balaban J connectivity index is 1.55. The number of alkyl halides is 3. The van der Waals surface area contributed by atoms with Gasteiger partial charge in [-0.2, -0.15) is 18.2 Å². The Bertz CT molecular complexity index is 1300. The molecular formula is C21H17F3N6OS. The highest BCUT2D eigenvalue weighted by Gasteiger charge is 2.32. The lowest BCUT2D eigenvalue weighted by molar-refractivity contribution is -0.142. The molecule has 3 aromatic heterocycles. The van der Waals surface area contributed by atoms with Gasteiger partial charge in [-0.3, -0.25) is 4.98 Å². The molecule has 0 spiro atoms. The Morgan fingerprint density at radius 2 is 1.97 bits per heavy atom. The number of halogens is 3. The summed E-state index contributed by atoms with van der Waals surface area (Å²) < 4.78 is 45.6. The topological polar surface area (TPSA) is 91.7 Å². The predicted octanol–water partition coefficient (Wildman–Crippen LogP) is 4.52. The van der Waals surface area contributed by atoms with Crippen LogP contribution in [0.5, 0.6) is 5.75 Å². The molecule has 4 aromatic rings. The molecule has 4 heterocycles. The third-order valence-corrected chi connectivity index (χ3v) is 6.08. The number of pyridine rings is 1. The lowest BCUT2D eigenvalue weighted by Crippen LogP contribution is -2.19. The number of fused-ring (bicyclic) bond motifs is 3. The Morgan fingerprint density at radius 3 is 2.72 bits per heavy atom. The number of rotatable bonds is 3. The molecule has 1 aliphatic rings. The average molecular weight is 458 g/mol. The van der Waals surface area contributed by atoms with Crippen LogP contribution in [0, 0.1) is 6.92 Å². The summed E-state index contributed by atoms with van der Waals surface area (Å²) in [6, 6.07) is 9.72. The van der Waals surface area contributed by atoms with Gasteiger partial charge < -0.3 is 10.5 Å². The summed E-state index contributed by atoms with van der Waals surface area (Å²) in [6.07, 6.45) is -2.07. The fourth-order valence-electron chi connectivity index (χ4n) is 3.53. The van der Waals surface area contributed by atoms with Crippen LogP contribution in [0.2, 0.25) is 0 Å². The maximum atomic E-state index is 13.0. The van der Waals surface area contributed by atoms with Crippen molar-refractivity contribution >= 4 is 17.3 Å². The Kier molecular flexibility index (Phi) is 4.85.